The van der Waals surface area contributed by atoms with Crippen LogP contribution in [0, 0.1) is 18.8 Å². The van der Waals surface area contributed by atoms with E-state index in [1.807, 2.05) is 13.8 Å². The number of aliphatic hydroxyl groups excluding tert-OH is 1. The molecule has 0 radical (unpaired) electrons. The van der Waals surface area contributed by atoms with Gasteiger partial charge in [-0.05, 0) is 31.6 Å². The third-order valence-electron chi connectivity index (χ3n) is 3.73. The van der Waals surface area contributed by atoms with Crippen molar-refractivity contribution < 1.29 is 9.90 Å². The number of rotatable bonds is 3. The zero-order valence-electron chi connectivity index (χ0n) is 12.2. The number of nitrogens with one attached hydrogen (secondary N) is 1. The summed E-state index contributed by atoms with van der Waals surface area (Å²) in [6, 6.07) is -0.126. The molecule has 0 aliphatic carbocycles. The van der Waals surface area contributed by atoms with Crippen LogP contribution in [0.15, 0.2) is 0 Å². The second-order valence-corrected chi connectivity index (χ2v) is 6.39. The molecule has 0 saturated carbocycles. The van der Waals surface area contributed by atoms with E-state index in [4.69, 9.17) is 0 Å². The summed E-state index contributed by atoms with van der Waals surface area (Å²) < 4.78 is 4.03. The molecule has 2 N–H and O–H groups in total. The molecule has 112 valence electrons. The van der Waals surface area contributed by atoms with Crippen molar-refractivity contribution in [2.24, 2.45) is 11.8 Å². The molecule has 0 aromatic carbocycles. The Labute approximate surface area is 123 Å². The van der Waals surface area contributed by atoms with E-state index in [1.165, 1.54) is 11.5 Å². The molecule has 2 heterocycles. The van der Waals surface area contributed by atoms with Crippen LogP contribution in [0.4, 0.5) is 9.93 Å². The Balaban J connectivity index is 1.83. The predicted molar refractivity (Wildman–Crippen MR) is 78.8 cm³/mol. The first kappa shape index (κ1) is 15.2. The van der Waals surface area contributed by atoms with Crippen LogP contribution in [0.2, 0.25) is 0 Å². The maximum Gasteiger partial charge on any atom is 0.323 e. The van der Waals surface area contributed by atoms with Gasteiger partial charge in [0.2, 0.25) is 5.13 Å². The Hall–Kier alpha value is -1.21. The second kappa shape index (κ2) is 6.49. The minimum Gasteiger partial charge on any atom is -0.393 e. The molecule has 1 aliphatic rings. The molecule has 20 heavy (non-hydrogen) atoms. The van der Waals surface area contributed by atoms with Crippen molar-refractivity contribution in [2.45, 2.75) is 39.7 Å². The summed E-state index contributed by atoms with van der Waals surface area (Å²) in [7, 11) is 0. The van der Waals surface area contributed by atoms with Crippen molar-refractivity contribution in [2.75, 3.05) is 18.4 Å². The quantitative estimate of drug-likeness (QED) is 0.896. The standard InChI is InChI=1S/C13H22N4O2S/c1-8(2)11(18)10-4-6-17(7-5-10)13(19)15-12-14-9(3)16-20-12/h8,10-11,18H,4-7H2,1-3H3,(H,14,15,16,19)/t11-/m0/s1. The number of likely N-dealkylation sites (tertiary alicyclic amines) is 1. The molecular formula is C13H22N4O2S. The van der Waals surface area contributed by atoms with E-state index in [1.54, 1.807) is 11.8 Å². The summed E-state index contributed by atoms with van der Waals surface area (Å²) in [6.07, 6.45) is 1.43. The third-order valence-corrected chi connectivity index (χ3v) is 4.46. The van der Waals surface area contributed by atoms with E-state index in [2.05, 4.69) is 14.7 Å². The minimum atomic E-state index is -0.272. The van der Waals surface area contributed by atoms with Crippen LogP contribution in [0.3, 0.4) is 0 Å². The predicted octanol–water partition coefficient (Wildman–Crippen LogP) is 2.11. The summed E-state index contributed by atoms with van der Waals surface area (Å²) in [4.78, 5) is 18.0. The first-order valence-corrected chi connectivity index (χ1v) is 7.79. The van der Waals surface area contributed by atoms with Crippen molar-refractivity contribution in [3.8, 4) is 0 Å². The number of carbonyl (C=O) groups excluding carboxylic acids is 1. The number of hydrogen-bond acceptors (Lipinski definition) is 5. The van der Waals surface area contributed by atoms with E-state index in [0.29, 0.717) is 30.0 Å². The molecule has 0 unspecified atom stereocenters. The average Bonchev–Trinajstić information content (AvgIpc) is 2.83. The average molecular weight is 298 g/mol. The van der Waals surface area contributed by atoms with E-state index in [0.717, 1.165) is 12.8 Å². The molecule has 1 atom stereocenters. The van der Waals surface area contributed by atoms with Gasteiger partial charge in [-0.2, -0.15) is 4.37 Å². The first-order valence-electron chi connectivity index (χ1n) is 7.01. The van der Waals surface area contributed by atoms with E-state index < -0.39 is 0 Å². The molecule has 0 spiro atoms. The van der Waals surface area contributed by atoms with Crippen LogP contribution in [0.25, 0.3) is 0 Å². The number of amides is 2. The van der Waals surface area contributed by atoms with Gasteiger partial charge in [-0.15, -0.1) is 0 Å². The van der Waals surface area contributed by atoms with E-state index in [9.17, 15) is 9.90 Å². The number of carbonyl (C=O) groups is 1. The highest BCUT2D eigenvalue weighted by Gasteiger charge is 2.29. The Morgan fingerprint density at radius 2 is 2.10 bits per heavy atom. The summed E-state index contributed by atoms with van der Waals surface area (Å²) in [5.74, 6) is 1.23. The molecule has 2 rings (SSSR count). The molecule has 1 aromatic rings. The van der Waals surface area contributed by atoms with Crippen LogP contribution in [-0.2, 0) is 0 Å². The highest BCUT2D eigenvalue weighted by molar-refractivity contribution is 7.09. The Bertz CT molecular complexity index is 455. The fraction of sp³-hybridized carbons (Fsp3) is 0.769. The van der Waals surface area contributed by atoms with Crippen molar-refractivity contribution in [1.82, 2.24) is 14.3 Å². The van der Waals surface area contributed by atoms with Gasteiger partial charge in [0.05, 0.1) is 6.10 Å². The molecule has 6 nitrogen and oxygen atoms in total. The Morgan fingerprint density at radius 1 is 1.45 bits per heavy atom. The maximum atomic E-state index is 12.1. The van der Waals surface area contributed by atoms with Crippen LogP contribution in [-0.4, -0.2) is 44.6 Å². The number of aliphatic hydroxyl groups is 1. The fourth-order valence-corrected chi connectivity index (χ4v) is 3.07. The Morgan fingerprint density at radius 3 is 2.60 bits per heavy atom. The second-order valence-electron chi connectivity index (χ2n) is 5.64. The highest BCUT2D eigenvalue weighted by Crippen LogP contribution is 2.25. The van der Waals surface area contributed by atoms with Crippen LogP contribution < -0.4 is 5.32 Å². The monoisotopic (exact) mass is 298 g/mol. The maximum absolute atomic E-state index is 12.1. The zero-order chi connectivity index (χ0) is 14.7. The minimum absolute atomic E-state index is 0.126. The molecule has 1 fully saturated rings. The lowest BCUT2D eigenvalue weighted by atomic mass is 9.86. The van der Waals surface area contributed by atoms with E-state index >= 15 is 0 Å². The summed E-state index contributed by atoms with van der Waals surface area (Å²) >= 11 is 1.19. The van der Waals surface area contributed by atoms with Crippen molar-refractivity contribution >= 4 is 22.7 Å². The number of piperidine rings is 1. The SMILES string of the molecule is Cc1nsc(NC(=O)N2CCC([C@@H](O)C(C)C)CC2)n1. The lowest BCUT2D eigenvalue weighted by molar-refractivity contribution is 0.0355. The molecular weight excluding hydrogens is 276 g/mol. The Kier molecular flexibility index (Phi) is 4.93. The summed E-state index contributed by atoms with van der Waals surface area (Å²) in [5, 5.41) is 13.4. The number of aromatic nitrogens is 2. The first-order chi connectivity index (χ1) is 9.47. The molecule has 1 aliphatic heterocycles. The van der Waals surface area contributed by atoms with Gasteiger partial charge in [-0.1, -0.05) is 13.8 Å². The van der Waals surface area contributed by atoms with Gasteiger partial charge < -0.3 is 10.0 Å². The van der Waals surface area contributed by atoms with Crippen LogP contribution in [0.1, 0.15) is 32.5 Å². The molecule has 1 saturated heterocycles. The number of nitrogens with zero attached hydrogens (tertiary/aromatic N) is 3. The molecule has 7 heteroatoms. The number of anilines is 1. The summed E-state index contributed by atoms with van der Waals surface area (Å²) in [5.41, 5.74) is 0. The topological polar surface area (TPSA) is 78.4 Å². The van der Waals surface area contributed by atoms with Gasteiger partial charge in [0.1, 0.15) is 5.82 Å². The highest BCUT2D eigenvalue weighted by atomic mass is 32.1. The number of aryl methyl sites for hydroxylation is 1. The van der Waals surface area contributed by atoms with Gasteiger partial charge in [0.25, 0.3) is 0 Å². The van der Waals surface area contributed by atoms with Crippen molar-refractivity contribution in [1.29, 1.82) is 0 Å². The van der Waals surface area contributed by atoms with Gasteiger partial charge >= 0.3 is 6.03 Å². The third kappa shape index (κ3) is 3.67. The van der Waals surface area contributed by atoms with Crippen LogP contribution >= 0.6 is 11.5 Å². The zero-order valence-corrected chi connectivity index (χ0v) is 13.0. The largest absolute Gasteiger partial charge is 0.393 e. The van der Waals surface area contributed by atoms with Gasteiger partial charge in [0, 0.05) is 24.6 Å². The normalized spacial score (nSPS) is 18.4. The number of hydrogen-bond donors (Lipinski definition) is 2. The fourth-order valence-electron chi connectivity index (χ4n) is 2.51. The van der Waals surface area contributed by atoms with Crippen LogP contribution in [0.5, 0.6) is 0 Å². The number of urea groups is 1. The van der Waals surface area contributed by atoms with Gasteiger partial charge in [0.15, 0.2) is 0 Å². The lowest BCUT2D eigenvalue weighted by Gasteiger charge is -2.35. The summed E-state index contributed by atoms with van der Waals surface area (Å²) in [6.45, 7) is 7.21. The van der Waals surface area contributed by atoms with Gasteiger partial charge in [-0.3, -0.25) is 5.32 Å². The van der Waals surface area contributed by atoms with Crippen molar-refractivity contribution in [3.05, 3.63) is 5.82 Å². The van der Waals surface area contributed by atoms with Crippen molar-refractivity contribution in [3.63, 3.8) is 0 Å². The van der Waals surface area contributed by atoms with E-state index in [-0.39, 0.29) is 18.1 Å². The van der Waals surface area contributed by atoms with Gasteiger partial charge in [-0.25, -0.2) is 9.78 Å². The molecule has 0 bridgehead atoms. The molecule has 2 amide bonds. The lowest BCUT2D eigenvalue weighted by Crippen LogP contribution is -2.44. The smallest absolute Gasteiger partial charge is 0.323 e. The molecule has 1 aromatic heterocycles.